The number of alkyl halides is 2. The summed E-state index contributed by atoms with van der Waals surface area (Å²) < 4.78 is 36.8. The number of carbonyl (C=O) groups excluding carboxylic acids is 1. The van der Waals surface area contributed by atoms with Gasteiger partial charge in [0.25, 0.3) is 12.1 Å². The van der Waals surface area contributed by atoms with Crippen molar-refractivity contribution in [2.75, 3.05) is 26.8 Å². The van der Waals surface area contributed by atoms with Gasteiger partial charge >= 0.3 is 0 Å². The molecule has 1 aliphatic rings. The van der Waals surface area contributed by atoms with E-state index in [0.717, 1.165) is 12.8 Å². The van der Waals surface area contributed by atoms with Crippen molar-refractivity contribution in [3.05, 3.63) is 23.0 Å². The summed E-state index contributed by atoms with van der Waals surface area (Å²) in [5.41, 5.74) is 0.929. The molecular weight excluding hydrogens is 320 g/mol. The summed E-state index contributed by atoms with van der Waals surface area (Å²) in [6.07, 6.45) is -1.06. The lowest BCUT2D eigenvalue weighted by Gasteiger charge is -2.32. The molecule has 6 nitrogen and oxygen atoms in total. The van der Waals surface area contributed by atoms with Gasteiger partial charge in [0.2, 0.25) is 5.91 Å². The second-order valence-electron chi connectivity index (χ2n) is 6.00. The molecule has 1 aliphatic heterocycles. The van der Waals surface area contributed by atoms with Gasteiger partial charge in [0.15, 0.2) is 0 Å². The third kappa shape index (κ3) is 3.10. The normalized spacial score (nSPS) is 18.5. The van der Waals surface area contributed by atoms with Gasteiger partial charge in [-0.05, 0) is 25.8 Å². The van der Waals surface area contributed by atoms with Crippen molar-refractivity contribution in [3.8, 4) is 0 Å². The van der Waals surface area contributed by atoms with Crippen LogP contribution in [-0.4, -0.2) is 47.8 Å². The predicted octanol–water partition coefficient (Wildman–Crippen LogP) is 2.82. The molecule has 0 saturated carbocycles. The van der Waals surface area contributed by atoms with E-state index in [9.17, 15) is 13.6 Å². The molecule has 1 saturated heterocycles. The van der Waals surface area contributed by atoms with Crippen molar-refractivity contribution in [3.63, 3.8) is 0 Å². The predicted molar refractivity (Wildman–Crippen MR) is 81.9 cm³/mol. The highest BCUT2D eigenvalue weighted by atomic mass is 19.3. The number of halogens is 2. The van der Waals surface area contributed by atoms with Gasteiger partial charge in [-0.3, -0.25) is 4.79 Å². The molecule has 0 aromatic carbocycles. The van der Waals surface area contributed by atoms with Crippen LogP contribution in [0.25, 0.3) is 11.1 Å². The molecule has 1 unspecified atom stereocenters. The smallest absolute Gasteiger partial charge is 0.264 e. The van der Waals surface area contributed by atoms with Gasteiger partial charge in [-0.1, -0.05) is 5.16 Å². The fourth-order valence-electron chi connectivity index (χ4n) is 3.19. The molecule has 0 radical (unpaired) electrons. The van der Waals surface area contributed by atoms with Gasteiger partial charge in [0.05, 0.1) is 11.1 Å². The third-order valence-electron chi connectivity index (χ3n) is 4.36. The Labute approximate surface area is 137 Å². The fourth-order valence-corrected chi connectivity index (χ4v) is 3.19. The fraction of sp³-hybridized carbons (Fsp3) is 0.562. The lowest BCUT2D eigenvalue weighted by Crippen LogP contribution is -2.41. The lowest BCUT2D eigenvalue weighted by atomic mass is 9.93. The van der Waals surface area contributed by atoms with E-state index in [4.69, 9.17) is 9.26 Å². The molecule has 1 atom stereocenters. The van der Waals surface area contributed by atoms with Crippen LogP contribution in [0.15, 0.2) is 10.6 Å². The van der Waals surface area contributed by atoms with Crippen molar-refractivity contribution in [1.82, 2.24) is 15.0 Å². The average Bonchev–Trinajstić information content (AvgIpc) is 2.95. The number of ether oxygens (including phenoxy) is 1. The Bertz CT molecular complexity index is 747. The Morgan fingerprint density at radius 2 is 2.33 bits per heavy atom. The van der Waals surface area contributed by atoms with Crippen molar-refractivity contribution >= 4 is 17.0 Å². The maximum atomic E-state index is 13.4. The number of fused-ring (bicyclic) bond motifs is 1. The molecule has 1 amide bonds. The molecule has 2 aromatic rings. The standard InChI is InChI=1S/C16H19F2N3O3/c1-9-14-11(15(17)18)6-12(19-16(14)24-20-9)10-4-3-5-21(7-10)13(22)8-23-2/h6,10,15H,3-5,7-8H2,1-2H3. The number of amides is 1. The first-order valence-electron chi connectivity index (χ1n) is 7.83. The van der Waals surface area contributed by atoms with Gasteiger partial charge in [-0.2, -0.15) is 0 Å². The van der Waals surface area contributed by atoms with E-state index in [0.29, 0.717) is 24.5 Å². The number of likely N-dealkylation sites (tertiary alicyclic amines) is 1. The highest BCUT2D eigenvalue weighted by Crippen LogP contribution is 2.34. The van der Waals surface area contributed by atoms with Gasteiger partial charge in [0.1, 0.15) is 6.61 Å². The molecule has 1 fully saturated rings. The van der Waals surface area contributed by atoms with Crippen LogP contribution >= 0.6 is 0 Å². The highest BCUT2D eigenvalue weighted by Gasteiger charge is 2.28. The summed E-state index contributed by atoms with van der Waals surface area (Å²) in [6.45, 7) is 2.72. The number of hydrogen-bond acceptors (Lipinski definition) is 5. The van der Waals surface area contributed by atoms with Crippen LogP contribution in [0.2, 0.25) is 0 Å². The summed E-state index contributed by atoms with van der Waals surface area (Å²) in [7, 11) is 1.47. The number of aromatic nitrogens is 2. The minimum Gasteiger partial charge on any atom is -0.375 e. The van der Waals surface area contributed by atoms with Crippen LogP contribution in [0, 0.1) is 6.92 Å². The van der Waals surface area contributed by atoms with Crippen molar-refractivity contribution in [2.45, 2.75) is 32.1 Å². The van der Waals surface area contributed by atoms with E-state index < -0.39 is 6.43 Å². The molecule has 8 heteroatoms. The zero-order valence-electron chi connectivity index (χ0n) is 13.6. The second-order valence-corrected chi connectivity index (χ2v) is 6.00. The first kappa shape index (κ1) is 16.8. The molecule has 3 rings (SSSR count). The number of rotatable bonds is 4. The topological polar surface area (TPSA) is 68.5 Å². The Hall–Kier alpha value is -2.09. The van der Waals surface area contributed by atoms with Crippen LogP contribution in [0.5, 0.6) is 0 Å². The van der Waals surface area contributed by atoms with Crippen LogP contribution in [0.3, 0.4) is 0 Å². The summed E-state index contributed by atoms with van der Waals surface area (Å²) >= 11 is 0. The molecule has 0 bridgehead atoms. The average molecular weight is 339 g/mol. The number of hydrogen-bond donors (Lipinski definition) is 0. The van der Waals surface area contributed by atoms with E-state index in [-0.39, 0.29) is 35.1 Å². The van der Waals surface area contributed by atoms with Crippen molar-refractivity contribution < 1.29 is 22.8 Å². The largest absolute Gasteiger partial charge is 0.375 e. The van der Waals surface area contributed by atoms with Crippen LogP contribution in [-0.2, 0) is 9.53 Å². The molecule has 3 heterocycles. The molecule has 130 valence electrons. The quantitative estimate of drug-likeness (QED) is 0.857. The van der Waals surface area contributed by atoms with E-state index >= 15 is 0 Å². The first-order chi connectivity index (χ1) is 11.5. The van der Waals surface area contributed by atoms with E-state index in [1.54, 1.807) is 11.8 Å². The van der Waals surface area contributed by atoms with Crippen molar-refractivity contribution in [1.29, 1.82) is 0 Å². The Morgan fingerprint density at radius 3 is 3.04 bits per heavy atom. The maximum Gasteiger partial charge on any atom is 0.264 e. The first-order valence-corrected chi connectivity index (χ1v) is 7.83. The van der Waals surface area contributed by atoms with E-state index in [1.165, 1.54) is 13.2 Å². The molecular formula is C16H19F2N3O3. The van der Waals surface area contributed by atoms with Crippen LogP contribution < -0.4 is 0 Å². The maximum absolute atomic E-state index is 13.4. The molecule has 0 aliphatic carbocycles. The van der Waals surface area contributed by atoms with Gasteiger partial charge in [-0.15, -0.1) is 0 Å². The third-order valence-corrected chi connectivity index (χ3v) is 4.36. The number of aryl methyl sites for hydroxylation is 1. The van der Waals surface area contributed by atoms with Gasteiger partial charge < -0.3 is 14.2 Å². The van der Waals surface area contributed by atoms with Gasteiger partial charge in [-0.25, -0.2) is 13.8 Å². The summed E-state index contributed by atoms with van der Waals surface area (Å²) in [6, 6.07) is 1.42. The number of pyridine rings is 1. The summed E-state index contributed by atoms with van der Waals surface area (Å²) in [5, 5.41) is 4.02. The zero-order valence-corrected chi connectivity index (χ0v) is 13.6. The van der Waals surface area contributed by atoms with E-state index in [1.807, 2.05) is 0 Å². The monoisotopic (exact) mass is 339 g/mol. The second kappa shape index (κ2) is 6.80. The number of carbonyl (C=O) groups is 1. The lowest BCUT2D eigenvalue weighted by molar-refractivity contribution is -0.136. The molecule has 24 heavy (non-hydrogen) atoms. The van der Waals surface area contributed by atoms with Gasteiger partial charge in [0, 0.05) is 37.4 Å². The van der Waals surface area contributed by atoms with E-state index in [2.05, 4.69) is 10.1 Å². The Balaban J connectivity index is 1.92. The minimum absolute atomic E-state index is 0.0166. The number of methoxy groups -OCH3 is 1. The molecule has 0 spiro atoms. The summed E-state index contributed by atoms with van der Waals surface area (Å²) in [4.78, 5) is 18.1. The van der Waals surface area contributed by atoms with Crippen LogP contribution in [0.1, 0.15) is 42.1 Å². The molecule has 2 aromatic heterocycles. The number of piperidine rings is 1. The highest BCUT2D eigenvalue weighted by molar-refractivity contribution is 5.80. The Morgan fingerprint density at radius 1 is 1.54 bits per heavy atom. The van der Waals surface area contributed by atoms with Crippen molar-refractivity contribution in [2.24, 2.45) is 0 Å². The SMILES string of the molecule is COCC(=O)N1CCCC(c2cc(C(F)F)c3c(C)noc3n2)C1. The molecule has 0 N–H and O–H groups in total. The number of nitrogens with zero attached hydrogens (tertiary/aromatic N) is 3. The minimum atomic E-state index is -2.64. The van der Waals surface area contributed by atoms with Crippen LogP contribution in [0.4, 0.5) is 8.78 Å². The summed E-state index contributed by atoms with van der Waals surface area (Å²) in [5.74, 6) is -0.209. The Kier molecular flexibility index (Phi) is 4.75. The zero-order chi connectivity index (χ0) is 17.3.